The molecule has 2 unspecified atom stereocenters. The van der Waals surface area contributed by atoms with Crippen LogP contribution in [0.1, 0.15) is 13.8 Å². The highest BCUT2D eigenvalue weighted by atomic mass is 16.6. The number of amides is 1. The van der Waals surface area contributed by atoms with Crippen LogP contribution in [0.25, 0.3) is 0 Å². The average Bonchev–Trinajstić information content (AvgIpc) is 2.80. The van der Waals surface area contributed by atoms with Gasteiger partial charge in [0.05, 0.1) is 19.3 Å². The Hall–Kier alpha value is -0.650. The highest BCUT2D eigenvalue weighted by Crippen LogP contribution is 2.16. The molecule has 1 aliphatic rings. The molecule has 0 aliphatic carbocycles. The topological polar surface area (TPSA) is 62.9 Å². The van der Waals surface area contributed by atoms with Gasteiger partial charge in [-0.2, -0.15) is 0 Å². The van der Waals surface area contributed by atoms with Crippen molar-refractivity contribution in [1.82, 2.24) is 10.6 Å². The molecule has 0 bridgehead atoms. The van der Waals surface area contributed by atoms with Crippen LogP contribution in [0.4, 0.5) is 0 Å². The smallest absolute Gasteiger partial charge is 0.216 e. The van der Waals surface area contributed by atoms with Crippen molar-refractivity contribution >= 4 is 5.91 Å². The predicted octanol–water partition coefficient (Wildman–Crippen LogP) is -0.526. The molecule has 1 saturated heterocycles. The van der Waals surface area contributed by atoms with Crippen molar-refractivity contribution in [2.45, 2.75) is 26.2 Å². The molecule has 1 rings (SSSR count). The number of ether oxygens (including phenoxy) is 2. The monoisotopic (exact) mass is 202 g/mol. The van der Waals surface area contributed by atoms with Gasteiger partial charge in [0.1, 0.15) is 6.23 Å². The molecule has 0 radical (unpaired) electrons. The lowest BCUT2D eigenvalue weighted by Gasteiger charge is -2.04. The lowest BCUT2D eigenvalue weighted by molar-refractivity contribution is -0.119. The fourth-order valence-electron chi connectivity index (χ4n) is 1.07. The normalized spacial score (nSPS) is 24.7. The van der Waals surface area contributed by atoms with E-state index in [1.165, 1.54) is 6.92 Å². The Morgan fingerprint density at radius 1 is 1.43 bits per heavy atom. The second-order valence-corrected chi connectivity index (χ2v) is 3.31. The predicted molar refractivity (Wildman–Crippen MR) is 51.8 cm³/mol. The van der Waals surface area contributed by atoms with Gasteiger partial charge in [-0.15, -0.1) is 0 Å². The summed E-state index contributed by atoms with van der Waals surface area (Å²) in [6, 6.07) is 0. The van der Waals surface area contributed by atoms with E-state index in [1.807, 2.05) is 6.92 Å². The number of hydrogen-bond acceptors (Lipinski definition) is 4. The summed E-state index contributed by atoms with van der Waals surface area (Å²) >= 11 is 0. The average molecular weight is 202 g/mol. The van der Waals surface area contributed by atoms with E-state index in [1.54, 1.807) is 0 Å². The Labute approximate surface area is 84.1 Å². The third kappa shape index (κ3) is 5.16. The number of carbonyl (C=O) groups is 1. The Morgan fingerprint density at radius 2 is 2.07 bits per heavy atom. The van der Waals surface area contributed by atoms with Gasteiger partial charge in [0.15, 0.2) is 0 Å². The molecule has 5 nitrogen and oxygen atoms in total. The van der Waals surface area contributed by atoms with E-state index in [0.717, 1.165) is 6.54 Å². The molecule has 0 aromatic carbocycles. The summed E-state index contributed by atoms with van der Waals surface area (Å²) in [5, 5.41) is 5.83. The Morgan fingerprint density at radius 3 is 2.64 bits per heavy atom. The van der Waals surface area contributed by atoms with E-state index in [9.17, 15) is 4.79 Å². The summed E-state index contributed by atoms with van der Waals surface area (Å²) in [5.74, 6) is -0.0214. The number of hydrogen-bond donors (Lipinski definition) is 2. The van der Waals surface area contributed by atoms with Crippen LogP contribution < -0.4 is 10.6 Å². The number of rotatable bonds is 7. The first kappa shape index (κ1) is 11.4. The highest BCUT2D eigenvalue weighted by molar-refractivity contribution is 5.72. The number of epoxide rings is 1. The quantitative estimate of drug-likeness (QED) is 0.430. The fourth-order valence-corrected chi connectivity index (χ4v) is 1.07. The summed E-state index contributed by atoms with van der Waals surface area (Å²) in [6.45, 7) is 6.08. The fraction of sp³-hybridized carbons (Fsp3) is 0.889. The van der Waals surface area contributed by atoms with Crippen LogP contribution in [0.2, 0.25) is 0 Å². The molecular weight excluding hydrogens is 184 g/mol. The van der Waals surface area contributed by atoms with Crippen LogP contribution in [0.3, 0.4) is 0 Å². The molecule has 0 aromatic heterocycles. The molecule has 1 aliphatic heterocycles. The first-order valence-corrected chi connectivity index (χ1v) is 4.91. The van der Waals surface area contributed by atoms with E-state index in [2.05, 4.69) is 10.6 Å². The second kappa shape index (κ2) is 5.95. The van der Waals surface area contributed by atoms with E-state index >= 15 is 0 Å². The number of nitrogens with one attached hydrogen (secondary N) is 2. The van der Waals surface area contributed by atoms with E-state index in [4.69, 9.17) is 9.47 Å². The van der Waals surface area contributed by atoms with E-state index in [-0.39, 0.29) is 12.1 Å². The standard InChI is InChI=1S/C9H18N2O3/c1-7-9(14-7)11-4-6-13-5-3-10-8(2)12/h7,9,11H,3-6H2,1-2H3,(H,10,12). The Balaban J connectivity index is 1.74. The van der Waals surface area contributed by atoms with Crippen molar-refractivity contribution in [2.24, 2.45) is 0 Å². The van der Waals surface area contributed by atoms with Crippen LogP contribution in [-0.2, 0) is 14.3 Å². The van der Waals surface area contributed by atoms with Gasteiger partial charge >= 0.3 is 0 Å². The van der Waals surface area contributed by atoms with Gasteiger partial charge in [-0.05, 0) is 6.92 Å². The lowest BCUT2D eigenvalue weighted by atomic mass is 10.5. The van der Waals surface area contributed by atoms with Crippen molar-refractivity contribution in [3.8, 4) is 0 Å². The molecule has 0 aromatic rings. The zero-order valence-corrected chi connectivity index (χ0v) is 8.71. The molecule has 1 amide bonds. The molecule has 82 valence electrons. The molecule has 1 heterocycles. The second-order valence-electron chi connectivity index (χ2n) is 3.31. The first-order chi connectivity index (χ1) is 6.70. The number of carbonyl (C=O) groups excluding carboxylic acids is 1. The molecule has 1 fully saturated rings. The summed E-state index contributed by atoms with van der Waals surface area (Å²) in [4.78, 5) is 10.5. The molecule has 0 spiro atoms. The van der Waals surface area contributed by atoms with Gasteiger partial charge < -0.3 is 14.8 Å². The Bertz CT molecular complexity index is 187. The molecule has 2 N–H and O–H groups in total. The minimum Gasteiger partial charge on any atom is -0.378 e. The van der Waals surface area contributed by atoms with Gasteiger partial charge in [0.2, 0.25) is 5.91 Å². The third-order valence-corrected chi connectivity index (χ3v) is 1.92. The maximum Gasteiger partial charge on any atom is 0.216 e. The zero-order valence-electron chi connectivity index (χ0n) is 8.71. The molecule has 0 saturated carbocycles. The molecular formula is C9H18N2O3. The lowest BCUT2D eigenvalue weighted by Crippen LogP contribution is -2.27. The Kier molecular flexibility index (Phi) is 4.86. The summed E-state index contributed by atoms with van der Waals surface area (Å²) < 4.78 is 10.4. The summed E-state index contributed by atoms with van der Waals surface area (Å²) in [5.41, 5.74) is 0. The van der Waals surface area contributed by atoms with Crippen LogP contribution in [0, 0.1) is 0 Å². The van der Waals surface area contributed by atoms with Gasteiger partial charge in [-0.3, -0.25) is 10.1 Å². The minimum absolute atomic E-state index is 0.0214. The van der Waals surface area contributed by atoms with Crippen molar-refractivity contribution in [3.63, 3.8) is 0 Å². The van der Waals surface area contributed by atoms with Gasteiger partial charge in [-0.1, -0.05) is 0 Å². The van der Waals surface area contributed by atoms with Gasteiger partial charge in [-0.25, -0.2) is 0 Å². The first-order valence-electron chi connectivity index (χ1n) is 4.91. The maximum atomic E-state index is 10.5. The SMILES string of the molecule is CC(=O)NCCOCCNC1OC1C. The third-order valence-electron chi connectivity index (χ3n) is 1.92. The van der Waals surface area contributed by atoms with Crippen molar-refractivity contribution in [1.29, 1.82) is 0 Å². The van der Waals surface area contributed by atoms with Gasteiger partial charge in [0.25, 0.3) is 0 Å². The van der Waals surface area contributed by atoms with Crippen LogP contribution in [0.15, 0.2) is 0 Å². The summed E-state index contributed by atoms with van der Waals surface area (Å²) in [6.07, 6.45) is 0.559. The zero-order chi connectivity index (χ0) is 10.4. The van der Waals surface area contributed by atoms with Gasteiger partial charge in [0, 0.05) is 20.0 Å². The van der Waals surface area contributed by atoms with Crippen LogP contribution in [0.5, 0.6) is 0 Å². The van der Waals surface area contributed by atoms with Crippen molar-refractivity contribution in [2.75, 3.05) is 26.3 Å². The highest BCUT2D eigenvalue weighted by Gasteiger charge is 2.32. The van der Waals surface area contributed by atoms with Crippen LogP contribution >= 0.6 is 0 Å². The molecule has 5 heteroatoms. The molecule has 14 heavy (non-hydrogen) atoms. The largest absolute Gasteiger partial charge is 0.378 e. The van der Waals surface area contributed by atoms with Crippen molar-refractivity contribution in [3.05, 3.63) is 0 Å². The maximum absolute atomic E-state index is 10.5. The van der Waals surface area contributed by atoms with Crippen molar-refractivity contribution < 1.29 is 14.3 Å². The van der Waals surface area contributed by atoms with E-state index in [0.29, 0.717) is 25.9 Å². The summed E-state index contributed by atoms with van der Waals surface area (Å²) in [7, 11) is 0. The van der Waals surface area contributed by atoms with E-state index < -0.39 is 0 Å². The van der Waals surface area contributed by atoms with Crippen LogP contribution in [-0.4, -0.2) is 44.5 Å². The molecule has 2 atom stereocenters. The minimum atomic E-state index is -0.0214.